The molecule has 0 aliphatic heterocycles. The number of fused-ring (bicyclic) bond motifs is 1. The van der Waals surface area contributed by atoms with E-state index in [2.05, 4.69) is 19.9 Å². The first-order chi connectivity index (χ1) is 6.29. The largest absolute Gasteiger partial charge is 0.341 e. The second kappa shape index (κ2) is 4.38. The topological polar surface area (TPSA) is 78.2 Å². The second-order valence-corrected chi connectivity index (χ2v) is 2.35. The van der Waals surface area contributed by atoms with Crippen LogP contribution in [0.1, 0.15) is 6.92 Å². The maximum Gasteiger partial charge on any atom is 0.182 e. The van der Waals surface area contributed by atoms with Crippen LogP contribution < -0.4 is 0 Å². The molecule has 0 spiro atoms. The zero-order valence-corrected chi connectivity index (χ0v) is 7.58. The van der Waals surface area contributed by atoms with Gasteiger partial charge in [0.1, 0.15) is 11.8 Å². The Morgan fingerprint density at radius 2 is 2.15 bits per heavy atom. The summed E-state index contributed by atoms with van der Waals surface area (Å²) in [4.78, 5) is 14.3. The molecule has 0 aliphatic carbocycles. The average Bonchev–Trinajstić information content (AvgIpc) is 2.54. The van der Waals surface area contributed by atoms with E-state index in [0.717, 1.165) is 0 Å². The lowest BCUT2D eigenvalue weighted by molar-refractivity contribution is 1.20. The highest BCUT2D eigenvalue weighted by Gasteiger charge is 2.00. The van der Waals surface area contributed by atoms with Crippen LogP contribution in [0.5, 0.6) is 0 Å². The molecule has 0 atom stereocenters. The number of rotatable bonds is 0. The highest BCUT2D eigenvalue weighted by Crippen LogP contribution is 2.13. The Bertz CT molecular complexity index is 430. The van der Waals surface area contributed by atoms with Gasteiger partial charge in [-0.15, -0.1) is 0 Å². The number of hydrogen-bond acceptors (Lipinski definition) is 4. The van der Waals surface area contributed by atoms with E-state index in [1.54, 1.807) is 6.07 Å². The van der Waals surface area contributed by atoms with Gasteiger partial charge in [-0.3, -0.25) is 0 Å². The summed E-state index contributed by atoms with van der Waals surface area (Å²) in [5.74, 6) is 0. The van der Waals surface area contributed by atoms with Gasteiger partial charge in [-0.05, 0) is 0 Å². The normalized spacial score (nSPS) is 8.69. The number of hydrogen-bond donors (Lipinski definition) is 1. The van der Waals surface area contributed by atoms with Crippen molar-refractivity contribution in [2.75, 3.05) is 0 Å². The molecule has 2 heterocycles. The van der Waals surface area contributed by atoms with Gasteiger partial charge in [0.25, 0.3) is 0 Å². The fourth-order valence-electron chi connectivity index (χ4n) is 0.736. The number of nitriles is 1. The van der Waals surface area contributed by atoms with Crippen molar-refractivity contribution in [3.05, 3.63) is 17.8 Å². The number of aromatic amines is 1. The molecule has 6 heteroatoms. The summed E-state index contributed by atoms with van der Waals surface area (Å²) >= 11 is 5.68. The molecule has 0 amide bonds. The maximum absolute atomic E-state index is 7.32. The molecule has 0 aromatic carbocycles. The fourth-order valence-corrected chi connectivity index (χ4v) is 0.918. The van der Waals surface area contributed by atoms with Gasteiger partial charge in [0, 0.05) is 6.92 Å². The molecule has 0 radical (unpaired) electrons. The van der Waals surface area contributed by atoms with Crippen molar-refractivity contribution >= 4 is 22.8 Å². The predicted octanol–water partition coefficient (Wildman–Crippen LogP) is 1.54. The van der Waals surface area contributed by atoms with Crippen molar-refractivity contribution in [1.82, 2.24) is 19.9 Å². The van der Waals surface area contributed by atoms with Crippen LogP contribution in [0, 0.1) is 11.3 Å². The van der Waals surface area contributed by atoms with E-state index in [1.165, 1.54) is 19.6 Å². The van der Waals surface area contributed by atoms with E-state index in [4.69, 9.17) is 16.9 Å². The van der Waals surface area contributed by atoms with Crippen molar-refractivity contribution < 1.29 is 0 Å². The van der Waals surface area contributed by atoms with Gasteiger partial charge in [-0.1, -0.05) is 11.6 Å². The van der Waals surface area contributed by atoms with Gasteiger partial charge in [0.2, 0.25) is 0 Å². The van der Waals surface area contributed by atoms with Crippen LogP contribution in [0.3, 0.4) is 0 Å². The molecule has 0 saturated heterocycles. The Kier molecular flexibility index (Phi) is 3.17. The summed E-state index contributed by atoms with van der Waals surface area (Å²) in [5.41, 5.74) is 1.28. The van der Waals surface area contributed by atoms with Gasteiger partial charge in [0.05, 0.1) is 12.4 Å². The minimum atomic E-state index is 0.405. The number of aromatic nitrogens is 4. The molecule has 2 aromatic heterocycles. The standard InChI is InChI=1S/C5H3ClN4.C2H3N/c6-4-3-5(9-1-7-3)10-2-8-4;1-2-3/h1-2H,(H,7,8,9,10);1H3. The summed E-state index contributed by atoms with van der Waals surface area (Å²) in [6, 6.07) is 1.75. The highest BCUT2D eigenvalue weighted by molar-refractivity contribution is 6.33. The first kappa shape index (κ1) is 9.42. The smallest absolute Gasteiger partial charge is 0.182 e. The van der Waals surface area contributed by atoms with Crippen molar-refractivity contribution in [2.45, 2.75) is 6.92 Å². The molecule has 0 aliphatic rings. The van der Waals surface area contributed by atoms with Crippen LogP contribution in [0.2, 0.25) is 5.15 Å². The lowest BCUT2D eigenvalue weighted by Crippen LogP contribution is -1.80. The summed E-state index contributed by atoms with van der Waals surface area (Å²) in [6.45, 7) is 1.43. The van der Waals surface area contributed by atoms with Gasteiger partial charge in [-0.25, -0.2) is 15.0 Å². The monoisotopic (exact) mass is 195 g/mol. The van der Waals surface area contributed by atoms with E-state index in [1.807, 2.05) is 0 Å². The molecule has 13 heavy (non-hydrogen) atoms. The van der Waals surface area contributed by atoms with Crippen molar-refractivity contribution in [3.63, 3.8) is 0 Å². The third-order valence-electron chi connectivity index (χ3n) is 1.18. The number of H-pyrrole nitrogens is 1. The van der Waals surface area contributed by atoms with Crippen molar-refractivity contribution in [2.24, 2.45) is 0 Å². The molecule has 2 rings (SSSR count). The number of halogens is 1. The Morgan fingerprint density at radius 3 is 2.77 bits per heavy atom. The van der Waals surface area contributed by atoms with Crippen LogP contribution in [-0.4, -0.2) is 19.9 Å². The van der Waals surface area contributed by atoms with Crippen LogP contribution in [0.4, 0.5) is 0 Å². The molecular weight excluding hydrogens is 190 g/mol. The zero-order valence-electron chi connectivity index (χ0n) is 6.82. The van der Waals surface area contributed by atoms with Crippen molar-refractivity contribution in [3.8, 4) is 6.07 Å². The Balaban J connectivity index is 0.000000251. The Labute approximate surface area is 79.4 Å². The first-order valence-electron chi connectivity index (χ1n) is 3.40. The molecule has 66 valence electrons. The number of nitrogens with one attached hydrogen (secondary N) is 1. The molecular formula is C7H6ClN5. The van der Waals surface area contributed by atoms with Crippen LogP contribution >= 0.6 is 11.6 Å². The molecule has 0 fully saturated rings. The molecule has 0 bridgehead atoms. The zero-order chi connectivity index (χ0) is 9.68. The highest BCUT2D eigenvalue weighted by atomic mass is 35.5. The second-order valence-electron chi connectivity index (χ2n) is 1.99. The summed E-state index contributed by atoms with van der Waals surface area (Å²) < 4.78 is 0. The van der Waals surface area contributed by atoms with Crippen molar-refractivity contribution in [1.29, 1.82) is 5.26 Å². The Hall–Kier alpha value is -1.67. The number of nitrogens with zero attached hydrogens (tertiary/aromatic N) is 4. The van der Waals surface area contributed by atoms with Crippen LogP contribution in [-0.2, 0) is 0 Å². The molecule has 5 nitrogen and oxygen atoms in total. The van der Waals surface area contributed by atoms with Gasteiger partial charge < -0.3 is 4.98 Å². The molecule has 0 unspecified atom stereocenters. The first-order valence-corrected chi connectivity index (χ1v) is 3.77. The van der Waals surface area contributed by atoms with E-state index >= 15 is 0 Å². The van der Waals surface area contributed by atoms with E-state index in [0.29, 0.717) is 16.3 Å². The van der Waals surface area contributed by atoms with E-state index in [-0.39, 0.29) is 0 Å². The average molecular weight is 196 g/mol. The number of imidazole rings is 1. The quantitative estimate of drug-likeness (QED) is 0.647. The SMILES string of the molecule is CC#N.Clc1ncnc2nc[nH]c12. The predicted molar refractivity (Wildman–Crippen MR) is 48.0 cm³/mol. The van der Waals surface area contributed by atoms with E-state index in [9.17, 15) is 0 Å². The molecule has 0 saturated carbocycles. The molecule has 1 N–H and O–H groups in total. The fraction of sp³-hybridized carbons (Fsp3) is 0.143. The molecule has 2 aromatic rings. The third-order valence-corrected chi connectivity index (χ3v) is 1.46. The summed E-state index contributed by atoms with van der Waals surface area (Å²) in [5, 5.41) is 7.72. The maximum atomic E-state index is 7.32. The van der Waals surface area contributed by atoms with Crippen LogP contribution in [0.25, 0.3) is 11.2 Å². The van der Waals surface area contributed by atoms with E-state index < -0.39 is 0 Å². The minimum absolute atomic E-state index is 0.405. The van der Waals surface area contributed by atoms with Gasteiger partial charge >= 0.3 is 0 Å². The van der Waals surface area contributed by atoms with Gasteiger partial charge in [0.15, 0.2) is 10.8 Å². The summed E-state index contributed by atoms with van der Waals surface area (Å²) in [6.07, 6.45) is 2.91. The lowest BCUT2D eigenvalue weighted by atomic mass is 10.6. The minimum Gasteiger partial charge on any atom is -0.341 e. The third kappa shape index (κ3) is 2.13. The summed E-state index contributed by atoms with van der Waals surface area (Å²) in [7, 11) is 0. The lowest BCUT2D eigenvalue weighted by Gasteiger charge is -1.86. The Morgan fingerprint density at radius 1 is 1.46 bits per heavy atom. The van der Waals surface area contributed by atoms with Gasteiger partial charge in [-0.2, -0.15) is 5.26 Å². The van der Waals surface area contributed by atoms with Crippen LogP contribution in [0.15, 0.2) is 12.7 Å².